The molecule has 0 aliphatic carbocycles. The second-order valence-corrected chi connectivity index (χ2v) is 7.82. The third kappa shape index (κ3) is 7.07. The van der Waals surface area contributed by atoms with Crippen LogP contribution in [0.4, 0.5) is 5.69 Å². The number of rotatable bonds is 7. The van der Waals surface area contributed by atoms with E-state index in [-0.39, 0.29) is 24.3 Å². The van der Waals surface area contributed by atoms with Crippen molar-refractivity contribution in [2.24, 2.45) is 0 Å². The number of esters is 1. The predicted molar refractivity (Wildman–Crippen MR) is 113 cm³/mol. The number of hydrogen-bond donors (Lipinski definition) is 2. The normalized spacial score (nSPS) is 10.9. The SMILES string of the molecule is CNC(=O)c1cccc(NC(=O)COC(=O)CCc2ccc(C(C)(C)C)cc2)c1. The van der Waals surface area contributed by atoms with Crippen molar-refractivity contribution in [3.63, 3.8) is 0 Å². The maximum Gasteiger partial charge on any atom is 0.306 e. The highest BCUT2D eigenvalue weighted by Gasteiger charge is 2.13. The molecule has 0 atom stereocenters. The number of anilines is 1. The summed E-state index contributed by atoms with van der Waals surface area (Å²) in [5.74, 6) is -1.14. The van der Waals surface area contributed by atoms with Gasteiger partial charge in [0.05, 0.1) is 0 Å². The second-order valence-electron chi connectivity index (χ2n) is 7.82. The van der Waals surface area contributed by atoms with Crippen LogP contribution in [0.3, 0.4) is 0 Å². The summed E-state index contributed by atoms with van der Waals surface area (Å²) in [6.07, 6.45) is 0.757. The van der Waals surface area contributed by atoms with E-state index in [4.69, 9.17) is 4.74 Å². The van der Waals surface area contributed by atoms with Gasteiger partial charge >= 0.3 is 5.97 Å². The van der Waals surface area contributed by atoms with Gasteiger partial charge in [0.15, 0.2) is 6.61 Å². The average molecular weight is 396 g/mol. The predicted octanol–water partition coefficient (Wildman–Crippen LogP) is 3.46. The van der Waals surface area contributed by atoms with E-state index in [9.17, 15) is 14.4 Å². The first-order chi connectivity index (χ1) is 13.7. The van der Waals surface area contributed by atoms with E-state index in [1.807, 2.05) is 12.1 Å². The van der Waals surface area contributed by atoms with Crippen LogP contribution in [0, 0.1) is 0 Å². The Morgan fingerprint density at radius 3 is 2.31 bits per heavy atom. The highest BCUT2D eigenvalue weighted by Crippen LogP contribution is 2.22. The Balaban J connectivity index is 1.77. The van der Waals surface area contributed by atoms with E-state index in [1.54, 1.807) is 24.3 Å². The highest BCUT2D eigenvalue weighted by atomic mass is 16.5. The summed E-state index contributed by atoms with van der Waals surface area (Å²) in [6.45, 7) is 6.09. The Labute approximate surface area is 171 Å². The van der Waals surface area contributed by atoms with Crippen molar-refractivity contribution >= 4 is 23.5 Å². The van der Waals surface area contributed by atoms with Crippen LogP contribution in [-0.4, -0.2) is 31.4 Å². The van der Waals surface area contributed by atoms with Gasteiger partial charge in [0.1, 0.15) is 0 Å². The molecule has 0 heterocycles. The molecule has 0 aliphatic heterocycles. The Morgan fingerprint density at radius 1 is 1.00 bits per heavy atom. The van der Waals surface area contributed by atoms with Crippen LogP contribution < -0.4 is 10.6 Å². The summed E-state index contributed by atoms with van der Waals surface area (Å²) >= 11 is 0. The first kappa shape index (κ1) is 22.1. The third-order valence-corrected chi connectivity index (χ3v) is 4.44. The van der Waals surface area contributed by atoms with Crippen molar-refractivity contribution in [1.82, 2.24) is 5.32 Å². The topological polar surface area (TPSA) is 84.5 Å². The molecule has 0 saturated heterocycles. The van der Waals surface area contributed by atoms with E-state index in [1.165, 1.54) is 12.6 Å². The molecule has 29 heavy (non-hydrogen) atoms. The highest BCUT2D eigenvalue weighted by molar-refractivity contribution is 5.97. The van der Waals surface area contributed by atoms with E-state index < -0.39 is 11.9 Å². The van der Waals surface area contributed by atoms with Crippen LogP contribution in [0.1, 0.15) is 48.7 Å². The maximum atomic E-state index is 12.0. The first-order valence-corrected chi connectivity index (χ1v) is 9.56. The zero-order valence-corrected chi connectivity index (χ0v) is 17.4. The molecule has 0 aromatic heterocycles. The Hall–Kier alpha value is -3.15. The molecule has 0 aliphatic rings. The molecule has 2 amide bonds. The fourth-order valence-electron chi connectivity index (χ4n) is 2.72. The summed E-state index contributed by atoms with van der Waals surface area (Å²) in [7, 11) is 1.53. The fraction of sp³-hybridized carbons (Fsp3) is 0.348. The molecule has 0 saturated carbocycles. The van der Waals surface area contributed by atoms with Gasteiger partial charge in [-0.2, -0.15) is 0 Å². The lowest BCUT2D eigenvalue weighted by Crippen LogP contribution is -2.22. The Bertz CT molecular complexity index is 867. The molecule has 154 valence electrons. The van der Waals surface area contributed by atoms with Crippen molar-refractivity contribution in [2.75, 3.05) is 19.0 Å². The van der Waals surface area contributed by atoms with E-state index in [2.05, 4.69) is 43.5 Å². The average Bonchev–Trinajstić information content (AvgIpc) is 2.70. The van der Waals surface area contributed by atoms with Gasteiger partial charge in [-0.3, -0.25) is 14.4 Å². The molecule has 2 aromatic carbocycles. The first-order valence-electron chi connectivity index (χ1n) is 9.56. The quantitative estimate of drug-likeness (QED) is 0.702. The van der Waals surface area contributed by atoms with Crippen molar-refractivity contribution < 1.29 is 19.1 Å². The molecule has 6 heteroatoms. The minimum absolute atomic E-state index is 0.0880. The maximum absolute atomic E-state index is 12.0. The summed E-state index contributed by atoms with van der Waals surface area (Å²) in [5, 5.41) is 5.13. The summed E-state index contributed by atoms with van der Waals surface area (Å²) in [5.41, 5.74) is 3.27. The van der Waals surface area contributed by atoms with Crippen LogP contribution in [0.5, 0.6) is 0 Å². The lowest BCUT2D eigenvalue weighted by Gasteiger charge is -2.19. The monoisotopic (exact) mass is 396 g/mol. The van der Waals surface area contributed by atoms with E-state index >= 15 is 0 Å². The molecule has 2 N–H and O–H groups in total. The van der Waals surface area contributed by atoms with Gasteiger partial charge < -0.3 is 15.4 Å². The number of amides is 2. The number of nitrogens with one attached hydrogen (secondary N) is 2. The van der Waals surface area contributed by atoms with Gasteiger partial charge in [0, 0.05) is 24.7 Å². The van der Waals surface area contributed by atoms with Gasteiger partial charge in [0.25, 0.3) is 11.8 Å². The largest absolute Gasteiger partial charge is 0.456 e. The lowest BCUT2D eigenvalue weighted by atomic mass is 9.86. The standard InChI is InChI=1S/C23H28N2O4/c1-23(2,3)18-11-8-16(9-12-18)10-13-21(27)29-15-20(26)25-19-7-5-6-17(14-19)22(28)24-4/h5-9,11-12,14H,10,13,15H2,1-4H3,(H,24,28)(H,25,26). The molecule has 2 aromatic rings. The van der Waals surface area contributed by atoms with Gasteiger partial charge in [-0.1, -0.05) is 51.1 Å². The van der Waals surface area contributed by atoms with E-state index in [0.29, 0.717) is 17.7 Å². The van der Waals surface area contributed by atoms with Crippen molar-refractivity contribution in [2.45, 2.75) is 39.0 Å². The number of carbonyl (C=O) groups is 3. The van der Waals surface area contributed by atoms with Gasteiger partial charge in [-0.25, -0.2) is 0 Å². The molecule has 0 spiro atoms. The molecule has 0 bridgehead atoms. The minimum atomic E-state index is -0.457. The number of benzene rings is 2. The summed E-state index contributed by atoms with van der Waals surface area (Å²) in [4.78, 5) is 35.5. The Kier molecular flexibility index (Phi) is 7.53. The van der Waals surface area contributed by atoms with Crippen LogP contribution in [0.2, 0.25) is 0 Å². The molecular weight excluding hydrogens is 368 g/mol. The van der Waals surface area contributed by atoms with Crippen molar-refractivity contribution in [1.29, 1.82) is 0 Å². The van der Waals surface area contributed by atoms with Crippen LogP contribution >= 0.6 is 0 Å². The molecule has 0 fully saturated rings. The van der Waals surface area contributed by atoms with E-state index in [0.717, 1.165) is 5.56 Å². The van der Waals surface area contributed by atoms with Crippen LogP contribution in [0.15, 0.2) is 48.5 Å². The molecule has 6 nitrogen and oxygen atoms in total. The zero-order chi connectivity index (χ0) is 21.4. The van der Waals surface area contributed by atoms with Crippen LogP contribution in [0.25, 0.3) is 0 Å². The van der Waals surface area contributed by atoms with Crippen molar-refractivity contribution in [3.05, 3.63) is 65.2 Å². The molecular formula is C23H28N2O4. The molecule has 2 rings (SSSR count). The fourth-order valence-corrected chi connectivity index (χ4v) is 2.72. The Morgan fingerprint density at radius 2 is 1.69 bits per heavy atom. The molecule has 0 radical (unpaired) electrons. The van der Waals surface area contributed by atoms with Gasteiger partial charge in [0.2, 0.25) is 0 Å². The zero-order valence-electron chi connectivity index (χ0n) is 17.4. The lowest BCUT2D eigenvalue weighted by molar-refractivity contribution is -0.147. The number of aryl methyl sites for hydroxylation is 1. The third-order valence-electron chi connectivity index (χ3n) is 4.44. The van der Waals surface area contributed by atoms with Gasteiger partial charge in [-0.05, 0) is 41.2 Å². The number of hydrogen-bond acceptors (Lipinski definition) is 4. The summed E-state index contributed by atoms with van der Waals surface area (Å²) < 4.78 is 5.04. The van der Waals surface area contributed by atoms with Crippen molar-refractivity contribution in [3.8, 4) is 0 Å². The summed E-state index contributed by atoms with van der Waals surface area (Å²) in [6, 6.07) is 14.7. The number of carbonyl (C=O) groups excluding carboxylic acids is 3. The smallest absolute Gasteiger partial charge is 0.306 e. The van der Waals surface area contributed by atoms with Gasteiger partial charge in [-0.15, -0.1) is 0 Å². The minimum Gasteiger partial charge on any atom is -0.456 e. The number of ether oxygens (including phenoxy) is 1. The molecule has 0 unspecified atom stereocenters. The van der Waals surface area contributed by atoms with Crippen LogP contribution in [-0.2, 0) is 26.2 Å². The second kappa shape index (κ2) is 9.87.